The molecule has 1 amide bonds. The second kappa shape index (κ2) is 9.45. The predicted molar refractivity (Wildman–Crippen MR) is 116 cm³/mol. The van der Waals surface area contributed by atoms with Crippen molar-refractivity contribution in [1.82, 2.24) is 4.90 Å². The van der Waals surface area contributed by atoms with Crippen molar-refractivity contribution < 1.29 is 18.7 Å². The van der Waals surface area contributed by atoms with Crippen LogP contribution in [0.5, 0.6) is 0 Å². The van der Waals surface area contributed by atoms with Crippen LogP contribution in [0.1, 0.15) is 24.2 Å². The first kappa shape index (κ1) is 22.1. The van der Waals surface area contributed by atoms with E-state index in [-0.39, 0.29) is 28.6 Å². The molecule has 160 valence electrons. The van der Waals surface area contributed by atoms with Gasteiger partial charge in [-0.25, -0.2) is 9.18 Å². The molecule has 8 heteroatoms. The van der Waals surface area contributed by atoms with E-state index < -0.39 is 11.9 Å². The minimum Gasteiger partial charge on any atom is -0.465 e. The van der Waals surface area contributed by atoms with E-state index in [1.165, 1.54) is 25.3 Å². The highest BCUT2D eigenvalue weighted by molar-refractivity contribution is 6.30. The Bertz CT molecular complexity index is 922. The number of hydrogen-bond acceptors (Lipinski definition) is 5. The normalized spacial score (nSPS) is 18.0. The molecule has 0 radical (unpaired) electrons. The predicted octanol–water partition coefficient (Wildman–Crippen LogP) is 3.80. The van der Waals surface area contributed by atoms with Gasteiger partial charge in [-0.1, -0.05) is 11.6 Å². The third-order valence-corrected chi connectivity index (χ3v) is 5.63. The first-order chi connectivity index (χ1) is 14.3. The molecule has 30 heavy (non-hydrogen) atoms. The number of nitrogens with one attached hydrogen (secondary N) is 1. The lowest BCUT2D eigenvalue weighted by atomic mass is 10.1. The molecule has 0 spiro atoms. The van der Waals surface area contributed by atoms with E-state index in [1.807, 2.05) is 19.1 Å². The number of amides is 1. The molecule has 1 fully saturated rings. The monoisotopic (exact) mass is 433 g/mol. The lowest BCUT2D eigenvalue weighted by Gasteiger charge is -2.43. The van der Waals surface area contributed by atoms with Crippen molar-refractivity contribution in [1.29, 1.82) is 0 Å². The molecule has 6 nitrogen and oxygen atoms in total. The number of rotatable bonds is 5. The van der Waals surface area contributed by atoms with Crippen molar-refractivity contribution in [2.75, 3.05) is 37.0 Å². The molecule has 1 saturated heterocycles. The summed E-state index contributed by atoms with van der Waals surface area (Å²) in [5.74, 6) is -1.19. The number of anilines is 2. The number of hydrogen-bond donors (Lipinski definition) is 1. The largest absolute Gasteiger partial charge is 0.465 e. The third kappa shape index (κ3) is 4.91. The van der Waals surface area contributed by atoms with Crippen LogP contribution in [0.4, 0.5) is 15.8 Å². The summed E-state index contributed by atoms with van der Waals surface area (Å²) in [6, 6.07) is 11.1. The van der Waals surface area contributed by atoms with Gasteiger partial charge in [0.2, 0.25) is 5.91 Å². The van der Waals surface area contributed by atoms with Crippen LogP contribution in [0.15, 0.2) is 42.5 Å². The molecule has 0 saturated carbocycles. The van der Waals surface area contributed by atoms with E-state index in [0.717, 1.165) is 18.8 Å². The van der Waals surface area contributed by atoms with Crippen LogP contribution in [-0.4, -0.2) is 55.6 Å². The van der Waals surface area contributed by atoms with Gasteiger partial charge < -0.3 is 15.0 Å². The molecule has 3 rings (SSSR count). The Balaban J connectivity index is 1.61. The SMILES string of the molecule is COC(=O)c1ccc(N2CCN(C(C)C(=O)Nc3ccc(Cl)cc3F)C(C)C2)cc1. The van der Waals surface area contributed by atoms with E-state index in [0.29, 0.717) is 12.1 Å². The molecule has 1 aliphatic rings. The quantitative estimate of drug-likeness (QED) is 0.726. The van der Waals surface area contributed by atoms with Gasteiger partial charge in [-0.2, -0.15) is 0 Å². The summed E-state index contributed by atoms with van der Waals surface area (Å²) in [5, 5.41) is 2.93. The molecule has 1 heterocycles. The standard InChI is InChI=1S/C22H25ClFN3O3/c1-14-13-26(18-7-4-16(5-8-18)22(29)30-3)10-11-27(14)15(2)21(28)25-20-9-6-17(23)12-19(20)24/h4-9,12,14-15H,10-11,13H2,1-3H3,(H,25,28). The number of nitrogens with zero attached hydrogens (tertiary/aromatic N) is 2. The lowest BCUT2D eigenvalue weighted by Crippen LogP contribution is -2.57. The van der Waals surface area contributed by atoms with Crippen molar-refractivity contribution in [3.63, 3.8) is 0 Å². The highest BCUT2D eigenvalue weighted by Crippen LogP contribution is 2.23. The molecule has 0 aliphatic carbocycles. The molecule has 0 aromatic heterocycles. The summed E-state index contributed by atoms with van der Waals surface area (Å²) in [5.41, 5.74) is 1.63. The van der Waals surface area contributed by atoms with E-state index >= 15 is 0 Å². The van der Waals surface area contributed by atoms with Crippen LogP contribution in [0.25, 0.3) is 0 Å². The van der Waals surface area contributed by atoms with Crippen molar-refractivity contribution in [2.24, 2.45) is 0 Å². The Morgan fingerprint density at radius 3 is 2.50 bits per heavy atom. The molecule has 0 bridgehead atoms. The Kier molecular flexibility index (Phi) is 6.95. The summed E-state index contributed by atoms with van der Waals surface area (Å²) >= 11 is 5.76. The van der Waals surface area contributed by atoms with Gasteiger partial charge in [-0.3, -0.25) is 9.69 Å². The van der Waals surface area contributed by atoms with Gasteiger partial charge in [-0.15, -0.1) is 0 Å². The summed E-state index contributed by atoms with van der Waals surface area (Å²) in [6.07, 6.45) is 0. The van der Waals surface area contributed by atoms with Crippen LogP contribution < -0.4 is 10.2 Å². The second-order valence-corrected chi connectivity index (χ2v) is 7.80. The molecule has 2 aromatic carbocycles. The van der Waals surface area contributed by atoms with Crippen LogP contribution in [0.2, 0.25) is 5.02 Å². The third-order valence-electron chi connectivity index (χ3n) is 5.40. The molecule has 1 aliphatic heterocycles. The van der Waals surface area contributed by atoms with Crippen LogP contribution >= 0.6 is 11.6 Å². The van der Waals surface area contributed by atoms with E-state index in [2.05, 4.69) is 22.0 Å². The zero-order chi connectivity index (χ0) is 21.8. The number of ether oxygens (including phenoxy) is 1. The van der Waals surface area contributed by atoms with Crippen molar-refractivity contribution in [3.8, 4) is 0 Å². The summed E-state index contributed by atoms with van der Waals surface area (Å²) in [4.78, 5) is 28.6. The maximum absolute atomic E-state index is 14.0. The average molecular weight is 434 g/mol. The lowest BCUT2D eigenvalue weighted by molar-refractivity contribution is -0.121. The van der Waals surface area contributed by atoms with Gasteiger partial charge in [0, 0.05) is 36.4 Å². The molecular weight excluding hydrogens is 409 g/mol. The highest BCUT2D eigenvalue weighted by atomic mass is 35.5. The maximum atomic E-state index is 14.0. The zero-order valence-corrected chi connectivity index (χ0v) is 17.9. The fraction of sp³-hybridized carbons (Fsp3) is 0.364. The Hall–Kier alpha value is -2.64. The van der Waals surface area contributed by atoms with Crippen molar-refractivity contribution in [3.05, 3.63) is 58.9 Å². The van der Waals surface area contributed by atoms with Crippen molar-refractivity contribution >= 4 is 34.9 Å². The molecular formula is C22H25ClFN3O3. The van der Waals surface area contributed by atoms with E-state index in [1.54, 1.807) is 12.1 Å². The number of piperazine rings is 1. The summed E-state index contributed by atoms with van der Waals surface area (Å²) in [7, 11) is 1.36. The smallest absolute Gasteiger partial charge is 0.337 e. The number of methoxy groups -OCH3 is 1. The molecule has 2 aromatic rings. The maximum Gasteiger partial charge on any atom is 0.337 e. The van der Waals surface area contributed by atoms with Gasteiger partial charge in [0.1, 0.15) is 5.82 Å². The fourth-order valence-electron chi connectivity index (χ4n) is 3.69. The fourth-order valence-corrected chi connectivity index (χ4v) is 3.85. The number of carbonyl (C=O) groups is 2. The van der Waals surface area contributed by atoms with Gasteiger partial charge in [0.15, 0.2) is 0 Å². The van der Waals surface area contributed by atoms with E-state index in [4.69, 9.17) is 16.3 Å². The van der Waals surface area contributed by atoms with E-state index in [9.17, 15) is 14.0 Å². The van der Waals surface area contributed by atoms with Gasteiger partial charge in [0.05, 0.1) is 24.4 Å². The number of esters is 1. The average Bonchev–Trinajstić information content (AvgIpc) is 2.74. The molecule has 2 unspecified atom stereocenters. The Morgan fingerprint density at radius 1 is 1.20 bits per heavy atom. The molecule has 2 atom stereocenters. The van der Waals surface area contributed by atoms with Crippen LogP contribution in [0.3, 0.4) is 0 Å². The van der Waals surface area contributed by atoms with Crippen LogP contribution in [-0.2, 0) is 9.53 Å². The first-order valence-corrected chi connectivity index (χ1v) is 10.1. The summed E-state index contributed by atoms with van der Waals surface area (Å²) in [6.45, 7) is 6.01. The summed E-state index contributed by atoms with van der Waals surface area (Å²) < 4.78 is 18.7. The highest BCUT2D eigenvalue weighted by Gasteiger charge is 2.31. The topological polar surface area (TPSA) is 61.9 Å². The van der Waals surface area contributed by atoms with Gasteiger partial charge in [0.25, 0.3) is 0 Å². The number of halogens is 2. The van der Waals surface area contributed by atoms with Crippen molar-refractivity contribution in [2.45, 2.75) is 25.9 Å². The molecule has 1 N–H and O–H groups in total. The first-order valence-electron chi connectivity index (χ1n) is 9.75. The Labute approximate surface area is 180 Å². The second-order valence-electron chi connectivity index (χ2n) is 7.36. The minimum atomic E-state index is -0.559. The Morgan fingerprint density at radius 2 is 1.90 bits per heavy atom. The van der Waals surface area contributed by atoms with Gasteiger partial charge >= 0.3 is 5.97 Å². The van der Waals surface area contributed by atoms with Crippen LogP contribution in [0, 0.1) is 5.82 Å². The number of carbonyl (C=O) groups excluding carboxylic acids is 2. The van der Waals surface area contributed by atoms with Gasteiger partial charge in [-0.05, 0) is 56.3 Å². The minimum absolute atomic E-state index is 0.106. The zero-order valence-electron chi connectivity index (χ0n) is 17.2. The number of benzene rings is 2.